The highest BCUT2D eigenvalue weighted by atomic mass is 32.2. The molecule has 3 aliphatic rings. The lowest BCUT2D eigenvalue weighted by atomic mass is 9.81. The maximum Gasteiger partial charge on any atom is 0.202 e. The van der Waals surface area contributed by atoms with Crippen molar-refractivity contribution in [1.82, 2.24) is 0 Å². The van der Waals surface area contributed by atoms with E-state index in [-0.39, 0.29) is 34.3 Å². The highest BCUT2D eigenvalue weighted by Crippen LogP contribution is 2.51. The monoisotopic (exact) mass is 184 g/mol. The predicted octanol–water partition coefficient (Wildman–Crippen LogP) is 0.580. The van der Waals surface area contributed by atoms with E-state index in [0.29, 0.717) is 0 Å². The van der Waals surface area contributed by atoms with E-state index in [2.05, 4.69) is 0 Å². The summed E-state index contributed by atoms with van der Waals surface area (Å²) in [5.74, 6) is -0.192. The molecule has 0 saturated carbocycles. The van der Waals surface area contributed by atoms with Crippen molar-refractivity contribution >= 4 is 22.0 Å². The Kier molecular flexibility index (Phi) is 1.25. The van der Waals surface area contributed by atoms with Gasteiger partial charge in [0.2, 0.25) is 10.2 Å². The van der Waals surface area contributed by atoms with Crippen LogP contribution in [0.1, 0.15) is 12.8 Å². The van der Waals surface area contributed by atoms with Crippen molar-refractivity contribution in [2.45, 2.75) is 25.0 Å². The van der Waals surface area contributed by atoms with E-state index in [1.807, 2.05) is 0 Å². The van der Waals surface area contributed by atoms with Gasteiger partial charge in [0.05, 0.1) is 24.0 Å². The number of hydrogen-bond acceptors (Lipinski definition) is 4. The normalized spacial score (nSPS) is 50.3. The van der Waals surface area contributed by atoms with Gasteiger partial charge < -0.3 is 4.74 Å². The average Bonchev–Trinajstić information content (AvgIpc) is 2.64. The Morgan fingerprint density at radius 1 is 1.08 bits per heavy atom. The zero-order valence-corrected chi connectivity index (χ0v) is 7.17. The van der Waals surface area contributed by atoms with Gasteiger partial charge in [-0.15, -0.1) is 0 Å². The van der Waals surface area contributed by atoms with Gasteiger partial charge in [0, 0.05) is 0 Å². The Bertz CT molecular complexity index is 249. The zero-order chi connectivity index (χ0) is 8.29. The smallest absolute Gasteiger partial charge is 0.202 e. The zero-order valence-electron chi connectivity index (χ0n) is 6.36. The van der Waals surface area contributed by atoms with Gasteiger partial charge in [-0.05, 0) is 24.6 Å². The number of hydrogen-bond donors (Lipinski definition) is 0. The van der Waals surface area contributed by atoms with Crippen LogP contribution in [0, 0.1) is 11.8 Å². The fourth-order valence-corrected chi connectivity index (χ4v) is 3.58. The molecule has 3 heterocycles. The Labute approximate surface area is 73.8 Å². The van der Waals surface area contributed by atoms with E-state index in [0.717, 1.165) is 24.6 Å². The molecule has 0 aromatic rings. The van der Waals surface area contributed by atoms with Gasteiger partial charge in [-0.25, -0.2) is 0 Å². The first-order valence-electron chi connectivity index (χ1n) is 4.18. The van der Waals surface area contributed by atoms with Crippen molar-refractivity contribution in [3.05, 3.63) is 0 Å². The van der Waals surface area contributed by atoms with Crippen LogP contribution in [-0.4, -0.2) is 22.4 Å². The van der Waals surface area contributed by atoms with Crippen LogP contribution in [0.3, 0.4) is 0 Å². The fraction of sp³-hybridized carbons (Fsp3) is 0.750. The van der Waals surface area contributed by atoms with Crippen molar-refractivity contribution in [2.24, 2.45) is 11.8 Å². The maximum absolute atomic E-state index is 11.3. The highest BCUT2D eigenvalue weighted by molar-refractivity contribution is 8.26. The number of carbonyl (C=O) groups is 2. The molecule has 3 saturated heterocycles. The van der Waals surface area contributed by atoms with Gasteiger partial charge >= 0.3 is 0 Å². The van der Waals surface area contributed by atoms with E-state index in [1.165, 1.54) is 0 Å². The first-order valence-corrected chi connectivity index (χ1v) is 5.00. The predicted molar refractivity (Wildman–Crippen MR) is 42.5 cm³/mol. The summed E-state index contributed by atoms with van der Waals surface area (Å²) in [7, 11) is 0. The second-order valence-corrected chi connectivity index (χ2v) is 4.59. The van der Waals surface area contributed by atoms with Crippen molar-refractivity contribution in [3.8, 4) is 0 Å². The highest BCUT2D eigenvalue weighted by Gasteiger charge is 2.59. The van der Waals surface area contributed by atoms with E-state index >= 15 is 0 Å². The molecule has 0 aliphatic carbocycles. The standard InChI is InChI=1S/C8H8O3S/c9-7-5-3-1-2-4(11-3)6(5)8(10)12-7/h3-6H,1-2H2/t3-,4+,5+,6-. The molecular formula is C8H8O3S. The average molecular weight is 184 g/mol. The molecule has 0 N–H and O–H groups in total. The first-order chi connectivity index (χ1) is 5.77. The minimum Gasteiger partial charge on any atom is -0.373 e. The molecule has 0 spiro atoms. The Hall–Kier alpha value is -0.350. The Balaban J connectivity index is 2.03. The molecule has 0 radical (unpaired) electrons. The molecule has 3 rings (SSSR count). The molecule has 12 heavy (non-hydrogen) atoms. The van der Waals surface area contributed by atoms with Gasteiger partial charge in [-0.2, -0.15) is 0 Å². The van der Waals surface area contributed by atoms with Crippen LogP contribution >= 0.6 is 11.8 Å². The van der Waals surface area contributed by atoms with E-state index in [4.69, 9.17) is 4.74 Å². The van der Waals surface area contributed by atoms with Gasteiger partial charge in [0.15, 0.2) is 0 Å². The summed E-state index contributed by atoms with van der Waals surface area (Å²) >= 11 is 0.902. The number of fused-ring (bicyclic) bond motifs is 5. The van der Waals surface area contributed by atoms with Crippen LogP contribution < -0.4 is 0 Å². The number of ether oxygens (including phenoxy) is 1. The van der Waals surface area contributed by atoms with Crippen LogP contribution in [0.15, 0.2) is 0 Å². The SMILES string of the molecule is O=C1SC(=O)[C@H]2[C@@H]1[C@H]1CC[C@@H]2O1. The van der Waals surface area contributed by atoms with Crippen LogP contribution in [0.4, 0.5) is 0 Å². The Morgan fingerprint density at radius 3 is 2.08 bits per heavy atom. The summed E-state index contributed by atoms with van der Waals surface area (Å²) in [5, 5.41) is 0.0781. The molecular weight excluding hydrogens is 176 g/mol. The third-order valence-electron chi connectivity index (χ3n) is 3.02. The summed E-state index contributed by atoms with van der Waals surface area (Å²) in [5.41, 5.74) is 0. The minimum absolute atomic E-state index is 0.0391. The molecule has 64 valence electrons. The number of carbonyl (C=O) groups excluding carboxylic acids is 2. The lowest BCUT2D eigenvalue weighted by molar-refractivity contribution is -0.119. The van der Waals surface area contributed by atoms with Crippen molar-refractivity contribution in [1.29, 1.82) is 0 Å². The van der Waals surface area contributed by atoms with Gasteiger partial charge in [0.1, 0.15) is 0 Å². The van der Waals surface area contributed by atoms with Crippen LogP contribution in [-0.2, 0) is 14.3 Å². The molecule has 0 aromatic heterocycles. The molecule has 4 heteroatoms. The first kappa shape index (κ1) is 7.09. The van der Waals surface area contributed by atoms with Crippen LogP contribution in [0.2, 0.25) is 0 Å². The topological polar surface area (TPSA) is 43.4 Å². The summed E-state index contributed by atoms with van der Waals surface area (Å²) < 4.78 is 5.53. The van der Waals surface area contributed by atoms with E-state index in [1.54, 1.807) is 0 Å². The lowest BCUT2D eigenvalue weighted by Gasteiger charge is -2.15. The summed E-state index contributed by atoms with van der Waals surface area (Å²) in [4.78, 5) is 22.6. The number of rotatable bonds is 0. The molecule has 3 aliphatic heterocycles. The molecule has 3 fully saturated rings. The van der Waals surface area contributed by atoms with Crippen LogP contribution in [0.5, 0.6) is 0 Å². The van der Waals surface area contributed by atoms with E-state index < -0.39 is 0 Å². The molecule has 2 bridgehead atoms. The fourth-order valence-electron chi connectivity index (χ4n) is 2.51. The largest absolute Gasteiger partial charge is 0.373 e. The summed E-state index contributed by atoms with van der Waals surface area (Å²) in [6, 6.07) is 0. The van der Waals surface area contributed by atoms with E-state index in [9.17, 15) is 9.59 Å². The van der Waals surface area contributed by atoms with Crippen molar-refractivity contribution < 1.29 is 14.3 Å². The van der Waals surface area contributed by atoms with Gasteiger partial charge in [-0.3, -0.25) is 9.59 Å². The Morgan fingerprint density at radius 2 is 1.58 bits per heavy atom. The van der Waals surface area contributed by atoms with Crippen molar-refractivity contribution in [2.75, 3.05) is 0 Å². The third kappa shape index (κ3) is 0.677. The molecule has 0 amide bonds. The molecule has 4 atom stereocenters. The van der Waals surface area contributed by atoms with Gasteiger partial charge in [0.25, 0.3) is 0 Å². The molecule has 0 unspecified atom stereocenters. The second-order valence-electron chi connectivity index (χ2n) is 3.58. The number of thioether (sulfide) groups is 1. The van der Waals surface area contributed by atoms with Gasteiger partial charge in [-0.1, -0.05) is 0 Å². The van der Waals surface area contributed by atoms with Crippen LogP contribution in [0.25, 0.3) is 0 Å². The second kappa shape index (κ2) is 2.12. The molecule has 0 aromatic carbocycles. The van der Waals surface area contributed by atoms with Crippen molar-refractivity contribution in [3.63, 3.8) is 0 Å². The quantitative estimate of drug-likeness (QED) is 0.552. The maximum atomic E-state index is 11.3. The minimum atomic E-state index is -0.0961. The molecule has 3 nitrogen and oxygen atoms in total. The summed E-state index contributed by atoms with van der Waals surface area (Å²) in [6.07, 6.45) is 2.05. The summed E-state index contributed by atoms with van der Waals surface area (Å²) in [6.45, 7) is 0. The third-order valence-corrected chi connectivity index (χ3v) is 3.97. The lowest BCUT2D eigenvalue weighted by Crippen LogP contribution is -2.29.